The molecule has 0 fully saturated rings. The molecular formula is C20H23F3N2O6S. The summed E-state index contributed by atoms with van der Waals surface area (Å²) in [6.07, 6.45) is -4.97. The summed E-state index contributed by atoms with van der Waals surface area (Å²) in [6, 6.07) is 10.7. The van der Waals surface area contributed by atoms with Crippen molar-refractivity contribution in [2.75, 3.05) is 33.9 Å². The molecule has 0 aliphatic carbocycles. The van der Waals surface area contributed by atoms with Crippen molar-refractivity contribution in [3.63, 3.8) is 0 Å². The second-order valence-electron chi connectivity index (χ2n) is 6.51. The minimum absolute atomic E-state index is 0.104. The van der Waals surface area contributed by atoms with Crippen LogP contribution in [0, 0.1) is 0 Å². The van der Waals surface area contributed by atoms with Crippen LogP contribution in [0.5, 0.6) is 17.2 Å². The molecule has 1 amide bonds. The number of amides is 1. The quantitative estimate of drug-likeness (QED) is 0.536. The van der Waals surface area contributed by atoms with Gasteiger partial charge in [0.15, 0.2) is 0 Å². The van der Waals surface area contributed by atoms with Crippen LogP contribution in [0.2, 0.25) is 0 Å². The van der Waals surface area contributed by atoms with Gasteiger partial charge in [-0.2, -0.15) is 0 Å². The van der Waals surface area contributed by atoms with Crippen molar-refractivity contribution in [3.05, 3.63) is 48.5 Å². The van der Waals surface area contributed by atoms with Gasteiger partial charge >= 0.3 is 6.36 Å². The highest BCUT2D eigenvalue weighted by atomic mass is 32.2. The summed E-state index contributed by atoms with van der Waals surface area (Å²) >= 11 is 0. The first kappa shape index (κ1) is 25.3. The molecule has 2 aromatic carbocycles. The molecule has 0 bridgehead atoms. The van der Waals surface area contributed by atoms with Crippen LogP contribution in [0.25, 0.3) is 0 Å². The highest BCUT2D eigenvalue weighted by Crippen LogP contribution is 2.23. The normalized spacial score (nSPS) is 11.7. The van der Waals surface area contributed by atoms with Crippen molar-refractivity contribution in [3.8, 4) is 17.2 Å². The van der Waals surface area contributed by atoms with E-state index in [1.165, 1.54) is 4.90 Å². The van der Waals surface area contributed by atoms with Gasteiger partial charge in [0, 0.05) is 20.0 Å². The molecule has 0 saturated carbocycles. The third-order valence-electron chi connectivity index (χ3n) is 4.18. The van der Waals surface area contributed by atoms with E-state index < -0.39 is 22.1 Å². The molecule has 8 nitrogen and oxygen atoms in total. The fraction of sp³-hybridized carbons (Fsp3) is 0.350. The van der Waals surface area contributed by atoms with Gasteiger partial charge in [0.05, 0.1) is 18.6 Å². The van der Waals surface area contributed by atoms with E-state index in [2.05, 4.69) is 9.46 Å². The summed E-state index contributed by atoms with van der Waals surface area (Å²) < 4.78 is 77.5. The summed E-state index contributed by atoms with van der Waals surface area (Å²) in [4.78, 5) is 13.3. The lowest BCUT2D eigenvalue weighted by Crippen LogP contribution is -2.34. The number of nitrogens with one attached hydrogen (secondary N) is 1. The van der Waals surface area contributed by atoms with Gasteiger partial charge in [-0.15, -0.1) is 13.2 Å². The Bertz CT molecular complexity index is 980. The third-order valence-corrected chi connectivity index (χ3v) is 5.66. The van der Waals surface area contributed by atoms with Crippen LogP contribution < -0.4 is 18.9 Å². The van der Waals surface area contributed by atoms with Gasteiger partial charge in [-0.1, -0.05) is 0 Å². The van der Waals surface area contributed by atoms with E-state index >= 15 is 0 Å². The van der Waals surface area contributed by atoms with E-state index in [0.717, 1.165) is 24.3 Å². The van der Waals surface area contributed by atoms with Crippen molar-refractivity contribution >= 4 is 15.9 Å². The summed E-state index contributed by atoms with van der Waals surface area (Å²) in [7, 11) is -0.875. The molecule has 0 aliphatic rings. The first-order chi connectivity index (χ1) is 15.0. The van der Waals surface area contributed by atoms with E-state index in [0.29, 0.717) is 11.5 Å². The molecule has 0 spiro atoms. The maximum Gasteiger partial charge on any atom is 0.573 e. The smallest absolute Gasteiger partial charge is 0.497 e. The minimum atomic E-state index is -4.87. The van der Waals surface area contributed by atoms with Crippen molar-refractivity contribution in [2.24, 2.45) is 0 Å². The average molecular weight is 476 g/mol. The van der Waals surface area contributed by atoms with Gasteiger partial charge in [-0.3, -0.25) is 4.79 Å². The Morgan fingerprint density at radius 2 is 1.56 bits per heavy atom. The van der Waals surface area contributed by atoms with E-state index in [4.69, 9.17) is 9.47 Å². The number of hydrogen-bond acceptors (Lipinski definition) is 6. The molecule has 0 aliphatic heterocycles. The number of nitrogens with zero attached hydrogens (tertiary/aromatic N) is 1. The van der Waals surface area contributed by atoms with Gasteiger partial charge in [0.25, 0.3) is 0 Å². The number of carbonyl (C=O) groups excluding carboxylic acids is 1. The molecule has 0 heterocycles. The van der Waals surface area contributed by atoms with Crippen molar-refractivity contribution in [2.45, 2.75) is 17.7 Å². The number of benzene rings is 2. The standard InChI is InChI=1S/C20H23F3N2O6S/c1-25(13-14-30-16-5-3-15(29-2)4-6-16)19(26)11-12-24-32(27,28)18-9-7-17(8-10-18)31-20(21,22)23/h3-10,24H,11-14H2,1-2H3. The van der Waals surface area contributed by atoms with Crippen LogP contribution in [-0.2, 0) is 14.8 Å². The second kappa shape index (κ2) is 11.0. The highest BCUT2D eigenvalue weighted by Gasteiger charge is 2.31. The molecule has 32 heavy (non-hydrogen) atoms. The summed E-state index contributed by atoms with van der Waals surface area (Å²) in [5.74, 6) is 0.466. The molecular weight excluding hydrogens is 453 g/mol. The van der Waals surface area contributed by atoms with Crippen LogP contribution in [0.15, 0.2) is 53.4 Å². The molecule has 0 aromatic heterocycles. The molecule has 2 aromatic rings. The lowest BCUT2D eigenvalue weighted by atomic mass is 10.3. The molecule has 12 heteroatoms. The van der Waals surface area contributed by atoms with Gasteiger partial charge in [-0.25, -0.2) is 13.1 Å². The lowest BCUT2D eigenvalue weighted by molar-refractivity contribution is -0.274. The number of methoxy groups -OCH3 is 1. The number of likely N-dealkylation sites (N-methyl/N-ethyl adjacent to an activating group) is 1. The first-order valence-corrected chi connectivity index (χ1v) is 10.8. The van der Waals surface area contributed by atoms with E-state index in [9.17, 15) is 26.4 Å². The molecule has 0 radical (unpaired) electrons. The second-order valence-corrected chi connectivity index (χ2v) is 8.27. The molecule has 0 atom stereocenters. The van der Waals surface area contributed by atoms with Gasteiger partial charge in [0.1, 0.15) is 23.9 Å². The van der Waals surface area contributed by atoms with E-state index in [1.54, 1.807) is 38.4 Å². The zero-order chi connectivity index (χ0) is 23.8. The Balaban J connectivity index is 1.75. The number of ether oxygens (including phenoxy) is 3. The maximum atomic E-state index is 12.2. The Kier molecular flexibility index (Phi) is 8.72. The minimum Gasteiger partial charge on any atom is -0.497 e. The first-order valence-electron chi connectivity index (χ1n) is 9.36. The molecule has 2 rings (SSSR count). The summed E-state index contributed by atoms with van der Waals surface area (Å²) in [6.45, 7) is 0.358. The fourth-order valence-corrected chi connectivity index (χ4v) is 3.52. The average Bonchev–Trinajstić information content (AvgIpc) is 2.73. The van der Waals surface area contributed by atoms with Crippen LogP contribution in [-0.4, -0.2) is 59.4 Å². The Hall–Kier alpha value is -2.99. The Morgan fingerprint density at radius 1 is 1.00 bits per heavy atom. The third kappa shape index (κ3) is 8.27. The number of hydrogen-bond donors (Lipinski definition) is 1. The van der Waals surface area contributed by atoms with Crippen molar-refractivity contribution < 1.29 is 40.6 Å². The zero-order valence-corrected chi connectivity index (χ0v) is 18.2. The number of alkyl halides is 3. The zero-order valence-electron chi connectivity index (χ0n) is 17.4. The SMILES string of the molecule is COc1ccc(OCCN(C)C(=O)CCNS(=O)(=O)c2ccc(OC(F)(F)F)cc2)cc1. The lowest BCUT2D eigenvalue weighted by Gasteiger charge is -2.18. The van der Waals surface area contributed by atoms with Crippen LogP contribution in [0.3, 0.4) is 0 Å². The molecule has 0 unspecified atom stereocenters. The maximum absolute atomic E-state index is 12.2. The molecule has 176 valence electrons. The van der Waals surface area contributed by atoms with Gasteiger partial charge in [0.2, 0.25) is 15.9 Å². The van der Waals surface area contributed by atoms with Crippen molar-refractivity contribution in [1.82, 2.24) is 9.62 Å². The van der Waals surface area contributed by atoms with Crippen LogP contribution in [0.4, 0.5) is 13.2 Å². The Labute approximate surface area is 183 Å². The van der Waals surface area contributed by atoms with Gasteiger partial charge < -0.3 is 19.1 Å². The Morgan fingerprint density at radius 3 is 2.12 bits per heavy atom. The number of rotatable bonds is 11. The number of sulfonamides is 1. The van der Waals surface area contributed by atoms with Gasteiger partial charge in [-0.05, 0) is 48.5 Å². The summed E-state index contributed by atoms with van der Waals surface area (Å²) in [5, 5.41) is 0. The topological polar surface area (TPSA) is 94.2 Å². The largest absolute Gasteiger partial charge is 0.573 e. The fourth-order valence-electron chi connectivity index (χ4n) is 2.48. The number of halogens is 3. The molecule has 0 saturated heterocycles. The predicted octanol–water partition coefficient (Wildman–Crippen LogP) is 2.80. The van der Waals surface area contributed by atoms with E-state index in [-0.39, 0.29) is 36.9 Å². The molecule has 1 N–H and O–H groups in total. The summed E-state index contributed by atoms with van der Waals surface area (Å²) in [5.41, 5.74) is 0. The van der Waals surface area contributed by atoms with E-state index in [1.807, 2.05) is 0 Å². The van der Waals surface area contributed by atoms with Crippen LogP contribution >= 0.6 is 0 Å². The van der Waals surface area contributed by atoms with Crippen molar-refractivity contribution in [1.29, 1.82) is 0 Å². The highest BCUT2D eigenvalue weighted by molar-refractivity contribution is 7.89. The monoisotopic (exact) mass is 476 g/mol. The number of carbonyl (C=O) groups is 1. The van der Waals surface area contributed by atoms with Crippen LogP contribution in [0.1, 0.15) is 6.42 Å². The predicted molar refractivity (Wildman–Crippen MR) is 109 cm³/mol.